The third-order valence-electron chi connectivity index (χ3n) is 4.51. The molecule has 0 radical (unpaired) electrons. The first-order chi connectivity index (χ1) is 11.8. The Morgan fingerprint density at radius 2 is 1.92 bits per heavy atom. The molecule has 0 aliphatic heterocycles. The number of carbonyl (C=O) groups is 1. The summed E-state index contributed by atoms with van der Waals surface area (Å²) in [5.41, 5.74) is 0. The van der Waals surface area contributed by atoms with E-state index in [1.165, 1.54) is 38.5 Å². The zero-order valence-corrected chi connectivity index (χ0v) is 16.2. The number of nitrogens with one attached hydrogen (secondary N) is 2. The molecule has 0 spiro atoms. The average molecular weight is 373 g/mol. The molecule has 0 unspecified atom stereocenters. The molecule has 7 heteroatoms. The van der Waals surface area contributed by atoms with Gasteiger partial charge in [0, 0.05) is 38.4 Å². The quantitative estimate of drug-likeness (QED) is 0.487. The second-order valence-electron chi connectivity index (χ2n) is 6.70. The Balaban J connectivity index is 0.00000312. The largest absolute Gasteiger partial charge is 0.355 e. The molecule has 144 valence electrons. The van der Waals surface area contributed by atoms with E-state index in [1.807, 2.05) is 0 Å². The Hall–Kier alpha value is -1.14. The van der Waals surface area contributed by atoms with Crippen LogP contribution in [-0.4, -0.2) is 35.2 Å². The fraction of sp³-hybridized carbons (Fsp3) is 0.833. The summed E-state index contributed by atoms with van der Waals surface area (Å²) < 4.78 is 5.17. The van der Waals surface area contributed by atoms with E-state index < -0.39 is 0 Å². The van der Waals surface area contributed by atoms with Gasteiger partial charge in [0.1, 0.15) is 0 Å². The maximum Gasteiger partial charge on any atom is 0.226 e. The number of halogens is 1. The standard InChI is InChI=1S/C18H32N4O2.ClH/c1-2-8-16-21-18(24-22-16)12-7-11-17(23)20-14-13-19-15-9-5-3-4-6-10-15;/h15,19H,2-14H2,1H3,(H,20,23);1H. The summed E-state index contributed by atoms with van der Waals surface area (Å²) in [6, 6.07) is 0.638. The summed E-state index contributed by atoms with van der Waals surface area (Å²) in [7, 11) is 0. The number of aryl methyl sites for hydroxylation is 2. The fourth-order valence-electron chi connectivity index (χ4n) is 3.17. The van der Waals surface area contributed by atoms with Gasteiger partial charge in [-0.2, -0.15) is 4.98 Å². The average Bonchev–Trinajstić information content (AvgIpc) is 2.85. The van der Waals surface area contributed by atoms with Gasteiger partial charge in [0.15, 0.2) is 5.82 Å². The van der Waals surface area contributed by atoms with Crippen molar-refractivity contribution in [1.82, 2.24) is 20.8 Å². The summed E-state index contributed by atoms with van der Waals surface area (Å²) in [6.45, 7) is 3.65. The third kappa shape index (κ3) is 9.21. The van der Waals surface area contributed by atoms with Gasteiger partial charge < -0.3 is 15.2 Å². The van der Waals surface area contributed by atoms with Gasteiger partial charge in [-0.1, -0.05) is 37.8 Å². The molecule has 1 aromatic heterocycles. The van der Waals surface area contributed by atoms with Gasteiger partial charge in [0.2, 0.25) is 11.8 Å². The van der Waals surface area contributed by atoms with Crippen LogP contribution in [0.5, 0.6) is 0 Å². The highest BCUT2D eigenvalue weighted by molar-refractivity contribution is 5.85. The lowest BCUT2D eigenvalue weighted by molar-refractivity contribution is -0.121. The molecule has 0 bridgehead atoms. The molecule has 1 aliphatic carbocycles. The number of aromatic nitrogens is 2. The molecule has 1 amide bonds. The van der Waals surface area contributed by atoms with E-state index in [1.54, 1.807) is 0 Å². The van der Waals surface area contributed by atoms with Gasteiger partial charge in [0.25, 0.3) is 0 Å². The van der Waals surface area contributed by atoms with Crippen molar-refractivity contribution in [2.24, 2.45) is 0 Å². The van der Waals surface area contributed by atoms with Crippen molar-refractivity contribution in [3.8, 4) is 0 Å². The normalized spacial score (nSPS) is 15.4. The summed E-state index contributed by atoms with van der Waals surface area (Å²) in [4.78, 5) is 16.2. The maximum absolute atomic E-state index is 11.8. The minimum atomic E-state index is 0. The third-order valence-corrected chi connectivity index (χ3v) is 4.51. The molecule has 0 aromatic carbocycles. The fourth-order valence-corrected chi connectivity index (χ4v) is 3.17. The van der Waals surface area contributed by atoms with Gasteiger partial charge in [-0.15, -0.1) is 12.4 Å². The Bertz CT molecular complexity index is 473. The second-order valence-corrected chi connectivity index (χ2v) is 6.70. The van der Waals surface area contributed by atoms with Crippen LogP contribution in [0.1, 0.15) is 76.4 Å². The number of hydrogen-bond acceptors (Lipinski definition) is 5. The molecule has 0 atom stereocenters. The lowest BCUT2D eigenvalue weighted by Gasteiger charge is -2.16. The van der Waals surface area contributed by atoms with Gasteiger partial charge >= 0.3 is 0 Å². The zero-order chi connectivity index (χ0) is 17.0. The predicted molar refractivity (Wildman–Crippen MR) is 101 cm³/mol. The van der Waals surface area contributed by atoms with E-state index in [4.69, 9.17) is 4.52 Å². The Morgan fingerprint density at radius 1 is 1.16 bits per heavy atom. The molecule has 6 nitrogen and oxygen atoms in total. The van der Waals surface area contributed by atoms with Crippen LogP contribution in [0.3, 0.4) is 0 Å². The van der Waals surface area contributed by atoms with Crippen molar-refractivity contribution in [3.05, 3.63) is 11.7 Å². The van der Waals surface area contributed by atoms with E-state index >= 15 is 0 Å². The number of amides is 1. The maximum atomic E-state index is 11.8. The van der Waals surface area contributed by atoms with Crippen molar-refractivity contribution in [1.29, 1.82) is 0 Å². The van der Waals surface area contributed by atoms with Crippen molar-refractivity contribution in [3.63, 3.8) is 0 Å². The lowest BCUT2D eigenvalue weighted by Crippen LogP contribution is -2.36. The molecule has 2 rings (SSSR count). The minimum Gasteiger partial charge on any atom is -0.355 e. The number of carbonyl (C=O) groups excluding carboxylic acids is 1. The van der Waals surface area contributed by atoms with Crippen LogP contribution in [0.15, 0.2) is 4.52 Å². The molecule has 1 aromatic rings. The van der Waals surface area contributed by atoms with Gasteiger partial charge in [-0.25, -0.2) is 0 Å². The molecule has 0 saturated heterocycles. The van der Waals surface area contributed by atoms with Crippen molar-refractivity contribution in [2.45, 2.75) is 83.6 Å². The first-order valence-corrected chi connectivity index (χ1v) is 9.59. The second kappa shape index (κ2) is 13.1. The van der Waals surface area contributed by atoms with Crippen molar-refractivity contribution < 1.29 is 9.32 Å². The molecule has 1 fully saturated rings. The zero-order valence-electron chi connectivity index (χ0n) is 15.4. The molecule has 25 heavy (non-hydrogen) atoms. The number of nitrogens with zero attached hydrogens (tertiary/aromatic N) is 2. The highest BCUT2D eigenvalue weighted by Gasteiger charge is 2.11. The smallest absolute Gasteiger partial charge is 0.226 e. The topological polar surface area (TPSA) is 80.0 Å². The Kier molecular flexibility index (Phi) is 11.5. The number of hydrogen-bond donors (Lipinski definition) is 2. The van der Waals surface area contributed by atoms with E-state index in [0.717, 1.165) is 31.6 Å². The minimum absolute atomic E-state index is 0. The molecular weight excluding hydrogens is 340 g/mol. The summed E-state index contributed by atoms with van der Waals surface area (Å²) in [5.74, 6) is 1.51. The van der Waals surface area contributed by atoms with Crippen LogP contribution in [0, 0.1) is 0 Å². The highest BCUT2D eigenvalue weighted by Crippen LogP contribution is 2.16. The molecule has 1 aliphatic rings. The highest BCUT2D eigenvalue weighted by atomic mass is 35.5. The first-order valence-electron chi connectivity index (χ1n) is 9.59. The van der Waals surface area contributed by atoms with Crippen molar-refractivity contribution >= 4 is 18.3 Å². The van der Waals surface area contributed by atoms with Crippen LogP contribution < -0.4 is 10.6 Å². The van der Waals surface area contributed by atoms with Gasteiger partial charge in [-0.05, 0) is 25.7 Å². The van der Waals surface area contributed by atoms with Crippen LogP contribution in [-0.2, 0) is 17.6 Å². The van der Waals surface area contributed by atoms with Crippen LogP contribution in [0.2, 0.25) is 0 Å². The Morgan fingerprint density at radius 3 is 2.64 bits per heavy atom. The molecule has 1 saturated carbocycles. The lowest BCUT2D eigenvalue weighted by atomic mass is 10.1. The molecule has 2 N–H and O–H groups in total. The van der Waals surface area contributed by atoms with Crippen LogP contribution in [0.25, 0.3) is 0 Å². The predicted octanol–water partition coefficient (Wildman–Crippen LogP) is 3.20. The summed E-state index contributed by atoms with van der Waals surface area (Å²) in [6.07, 6.45) is 11.7. The SMILES string of the molecule is CCCc1noc(CCCC(=O)NCCNC2CCCCCC2)n1.Cl. The molecular formula is C18H33ClN4O2. The molecule has 1 heterocycles. The monoisotopic (exact) mass is 372 g/mol. The summed E-state index contributed by atoms with van der Waals surface area (Å²) >= 11 is 0. The van der Waals surface area contributed by atoms with E-state index in [-0.39, 0.29) is 18.3 Å². The first kappa shape index (κ1) is 21.9. The number of rotatable bonds is 10. The van der Waals surface area contributed by atoms with Crippen LogP contribution in [0.4, 0.5) is 0 Å². The van der Waals surface area contributed by atoms with Crippen LogP contribution >= 0.6 is 12.4 Å². The van der Waals surface area contributed by atoms with E-state index in [0.29, 0.717) is 31.3 Å². The van der Waals surface area contributed by atoms with Gasteiger partial charge in [-0.3, -0.25) is 4.79 Å². The summed E-state index contributed by atoms with van der Waals surface area (Å²) in [5, 5.41) is 10.5. The van der Waals surface area contributed by atoms with Crippen molar-refractivity contribution in [2.75, 3.05) is 13.1 Å². The van der Waals surface area contributed by atoms with E-state index in [9.17, 15) is 4.79 Å². The van der Waals surface area contributed by atoms with E-state index in [2.05, 4.69) is 27.7 Å². The van der Waals surface area contributed by atoms with Gasteiger partial charge in [0.05, 0.1) is 0 Å². The Labute approximate surface area is 157 Å².